The van der Waals surface area contributed by atoms with Crippen molar-refractivity contribution in [1.82, 2.24) is 14.8 Å². The van der Waals surface area contributed by atoms with E-state index in [1.807, 2.05) is 93.3 Å². The molecule has 1 amide bonds. The highest BCUT2D eigenvalue weighted by atomic mass is 35.5. The number of halogens is 1. The zero-order valence-electron chi connectivity index (χ0n) is 18.6. The number of aromatic nitrogens is 3. The number of carbonyl (C=O) groups is 1. The predicted octanol–water partition coefficient (Wildman–Crippen LogP) is 6.16. The lowest BCUT2D eigenvalue weighted by atomic mass is 9.95. The number of nitrogens with one attached hydrogen (secondary N) is 1. The number of pyridine rings is 1. The molecule has 0 saturated carbocycles. The Kier molecular flexibility index (Phi) is 6.10. The summed E-state index contributed by atoms with van der Waals surface area (Å²) in [4.78, 5) is 17.2. The van der Waals surface area contributed by atoms with Crippen molar-refractivity contribution in [2.45, 2.75) is 26.7 Å². The van der Waals surface area contributed by atoms with Crippen LogP contribution in [0, 0.1) is 13.8 Å². The molecule has 162 valence electrons. The molecule has 0 aliphatic carbocycles. The number of carbonyl (C=O) groups excluding carboxylic acids is 1. The summed E-state index contributed by atoms with van der Waals surface area (Å²) >= 11 is 6.39. The first-order chi connectivity index (χ1) is 15.3. The van der Waals surface area contributed by atoms with E-state index >= 15 is 0 Å². The zero-order valence-corrected chi connectivity index (χ0v) is 19.3. The number of amides is 1. The summed E-state index contributed by atoms with van der Waals surface area (Å²) in [5.41, 5.74) is 7.75. The second kappa shape index (κ2) is 8.97. The lowest BCUT2D eigenvalue weighted by molar-refractivity contribution is -0.117. The van der Waals surface area contributed by atoms with Crippen LogP contribution in [0.1, 0.15) is 29.8 Å². The third-order valence-corrected chi connectivity index (χ3v) is 5.96. The molecule has 2 aromatic carbocycles. The number of rotatable bonds is 5. The summed E-state index contributed by atoms with van der Waals surface area (Å²) in [5.74, 6) is -0.458. The average molecular weight is 445 g/mol. The molecule has 1 unspecified atom stereocenters. The van der Waals surface area contributed by atoms with Gasteiger partial charge in [0, 0.05) is 40.9 Å². The van der Waals surface area contributed by atoms with Gasteiger partial charge in [0.05, 0.1) is 12.1 Å². The number of anilines is 1. The number of hydrogen-bond donors (Lipinski definition) is 1. The van der Waals surface area contributed by atoms with E-state index in [0.717, 1.165) is 44.9 Å². The summed E-state index contributed by atoms with van der Waals surface area (Å²) in [6, 6.07) is 17.6. The zero-order chi connectivity index (χ0) is 22.8. The predicted molar refractivity (Wildman–Crippen MR) is 130 cm³/mol. The van der Waals surface area contributed by atoms with E-state index < -0.39 is 0 Å². The van der Waals surface area contributed by atoms with E-state index in [-0.39, 0.29) is 11.8 Å². The van der Waals surface area contributed by atoms with Gasteiger partial charge >= 0.3 is 0 Å². The average Bonchev–Trinajstić information content (AvgIpc) is 3.11. The van der Waals surface area contributed by atoms with Gasteiger partial charge in [-0.3, -0.25) is 14.5 Å². The van der Waals surface area contributed by atoms with Gasteiger partial charge in [0.15, 0.2) is 0 Å². The minimum absolute atomic E-state index is 0.0892. The first-order valence-corrected chi connectivity index (χ1v) is 10.8. The Hall–Kier alpha value is -3.44. The standard InChI is InChI=1S/C26H25ClN4O/c1-16-11-20(9-10-28-16)19-5-7-24(8-6-19)30-26(32)17(2)21-12-22(14-23(27)13-21)25-15-29-31(4)18(25)3/h5-15,17H,1-4H3,(H,30,32). The second-order valence-electron chi connectivity index (χ2n) is 8.01. The molecular weight excluding hydrogens is 420 g/mol. The Balaban J connectivity index is 1.52. The summed E-state index contributed by atoms with van der Waals surface area (Å²) in [7, 11) is 1.90. The third-order valence-electron chi connectivity index (χ3n) is 5.74. The van der Waals surface area contributed by atoms with Crippen LogP contribution < -0.4 is 5.32 Å². The molecule has 2 heterocycles. The van der Waals surface area contributed by atoms with Crippen molar-refractivity contribution in [3.05, 3.63) is 89.0 Å². The molecule has 0 saturated heterocycles. The van der Waals surface area contributed by atoms with Crippen molar-refractivity contribution in [1.29, 1.82) is 0 Å². The van der Waals surface area contributed by atoms with E-state index in [9.17, 15) is 4.79 Å². The number of benzene rings is 2. The Bertz CT molecular complexity index is 1280. The van der Waals surface area contributed by atoms with Gasteiger partial charge in [0.1, 0.15) is 0 Å². The van der Waals surface area contributed by atoms with Gasteiger partial charge in [0.2, 0.25) is 5.91 Å². The van der Waals surface area contributed by atoms with Gasteiger partial charge in [0.25, 0.3) is 0 Å². The molecule has 4 aromatic rings. The van der Waals surface area contributed by atoms with Crippen molar-refractivity contribution in [2.24, 2.45) is 7.05 Å². The molecule has 0 aliphatic heterocycles. The molecule has 0 bridgehead atoms. The van der Waals surface area contributed by atoms with Crippen LogP contribution in [0.2, 0.25) is 5.02 Å². The van der Waals surface area contributed by atoms with Crippen LogP contribution >= 0.6 is 11.6 Å². The van der Waals surface area contributed by atoms with Crippen molar-refractivity contribution < 1.29 is 4.79 Å². The first-order valence-electron chi connectivity index (χ1n) is 10.5. The van der Waals surface area contributed by atoms with Crippen molar-refractivity contribution >= 4 is 23.2 Å². The quantitative estimate of drug-likeness (QED) is 0.401. The summed E-state index contributed by atoms with van der Waals surface area (Å²) in [6.07, 6.45) is 3.62. The van der Waals surface area contributed by atoms with Gasteiger partial charge in [-0.25, -0.2) is 0 Å². The summed E-state index contributed by atoms with van der Waals surface area (Å²) in [6.45, 7) is 5.86. The smallest absolute Gasteiger partial charge is 0.231 e. The van der Waals surface area contributed by atoms with Crippen LogP contribution in [0.4, 0.5) is 5.69 Å². The van der Waals surface area contributed by atoms with E-state index in [1.165, 1.54) is 0 Å². The van der Waals surface area contributed by atoms with Gasteiger partial charge in [-0.2, -0.15) is 5.10 Å². The van der Waals surface area contributed by atoms with Gasteiger partial charge in [-0.1, -0.05) is 29.8 Å². The Morgan fingerprint density at radius 3 is 2.41 bits per heavy atom. The Labute approximate surface area is 193 Å². The first kappa shape index (κ1) is 21.8. The topological polar surface area (TPSA) is 59.8 Å². The monoisotopic (exact) mass is 444 g/mol. The molecule has 0 radical (unpaired) electrons. The van der Waals surface area contributed by atoms with Crippen LogP contribution in [0.25, 0.3) is 22.3 Å². The number of aryl methyl sites for hydroxylation is 2. The lowest BCUT2D eigenvalue weighted by Gasteiger charge is -2.15. The van der Waals surface area contributed by atoms with Crippen LogP contribution in [0.5, 0.6) is 0 Å². The third kappa shape index (κ3) is 4.58. The van der Waals surface area contributed by atoms with Gasteiger partial charge < -0.3 is 5.32 Å². The van der Waals surface area contributed by atoms with E-state index in [0.29, 0.717) is 5.02 Å². The minimum Gasteiger partial charge on any atom is -0.326 e. The Morgan fingerprint density at radius 2 is 1.75 bits per heavy atom. The molecule has 0 spiro atoms. The largest absolute Gasteiger partial charge is 0.326 e. The van der Waals surface area contributed by atoms with Crippen LogP contribution in [0.15, 0.2) is 67.0 Å². The maximum absolute atomic E-state index is 13.0. The van der Waals surface area contributed by atoms with Crippen molar-refractivity contribution in [3.63, 3.8) is 0 Å². The molecule has 1 atom stereocenters. The van der Waals surface area contributed by atoms with Crippen LogP contribution in [0.3, 0.4) is 0 Å². The fraction of sp³-hybridized carbons (Fsp3) is 0.192. The fourth-order valence-corrected chi connectivity index (χ4v) is 3.92. The van der Waals surface area contributed by atoms with E-state index in [1.54, 1.807) is 6.20 Å². The molecule has 0 fully saturated rings. The molecule has 4 rings (SSSR count). The highest BCUT2D eigenvalue weighted by molar-refractivity contribution is 6.31. The van der Waals surface area contributed by atoms with Crippen molar-refractivity contribution in [2.75, 3.05) is 5.32 Å². The molecule has 0 aliphatic rings. The molecule has 1 N–H and O–H groups in total. The maximum atomic E-state index is 13.0. The summed E-state index contributed by atoms with van der Waals surface area (Å²) in [5, 5.41) is 7.92. The SMILES string of the molecule is Cc1cc(-c2ccc(NC(=O)C(C)c3cc(Cl)cc(-c4cnn(C)c4C)c3)cc2)ccn1. The number of nitrogens with zero attached hydrogens (tertiary/aromatic N) is 3. The molecule has 32 heavy (non-hydrogen) atoms. The van der Waals surface area contributed by atoms with Crippen LogP contribution in [-0.2, 0) is 11.8 Å². The molecule has 5 nitrogen and oxygen atoms in total. The highest BCUT2D eigenvalue weighted by Crippen LogP contribution is 2.31. The maximum Gasteiger partial charge on any atom is 0.231 e. The highest BCUT2D eigenvalue weighted by Gasteiger charge is 2.18. The van der Waals surface area contributed by atoms with Gasteiger partial charge in [-0.15, -0.1) is 0 Å². The summed E-state index contributed by atoms with van der Waals surface area (Å²) < 4.78 is 1.82. The molecule has 2 aromatic heterocycles. The normalized spacial score (nSPS) is 11.9. The number of hydrogen-bond acceptors (Lipinski definition) is 3. The fourth-order valence-electron chi connectivity index (χ4n) is 3.67. The molecular formula is C26H25ClN4O. The minimum atomic E-state index is -0.369. The molecule has 6 heteroatoms. The van der Waals surface area contributed by atoms with Gasteiger partial charge in [-0.05, 0) is 79.4 Å². The van der Waals surface area contributed by atoms with Crippen LogP contribution in [-0.4, -0.2) is 20.7 Å². The van der Waals surface area contributed by atoms with E-state index in [2.05, 4.69) is 15.4 Å². The van der Waals surface area contributed by atoms with E-state index in [4.69, 9.17) is 11.6 Å². The lowest BCUT2D eigenvalue weighted by Crippen LogP contribution is -2.18. The second-order valence-corrected chi connectivity index (χ2v) is 8.45. The Morgan fingerprint density at radius 1 is 1.00 bits per heavy atom. The van der Waals surface area contributed by atoms with Crippen molar-refractivity contribution in [3.8, 4) is 22.3 Å².